The van der Waals surface area contributed by atoms with Crippen LogP contribution in [-0.4, -0.2) is 28.1 Å². The summed E-state index contributed by atoms with van der Waals surface area (Å²) in [5.74, 6) is 1.99. The van der Waals surface area contributed by atoms with Crippen molar-refractivity contribution in [3.63, 3.8) is 0 Å². The molecule has 3 nitrogen and oxygen atoms in total. The molecule has 4 heteroatoms. The average molecular weight is 522 g/mol. The van der Waals surface area contributed by atoms with Crippen LogP contribution in [0, 0.1) is 23.2 Å². The van der Waals surface area contributed by atoms with E-state index in [9.17, 15) is 9.90 Å². The molecule has 0 aliphatic heterocycles. The molecule has 0 spiro atoms. The number of hydrogen-bond acceptors (Lipinski definition) is 3. The minimum atomic E-state index is -0.551. The number of fused-ring (bicyclic) bond motifs is 1. The summed E-state index contributed by atoms with van der Waals surface area (Å²) in [5, 5.41) is 10.3. The number of carbonyl (C=O) groups is 1. The van der Waals surface area contributed by atoms with Gasteiger partial charge in [-0.25, -0.2) is 0 Å². The first-order chi connectivity index (χ1) is 15.5. The molecule has 3 rings (SSSR count). The van der Waals surface area contributed by atoms with E-state index in [4.69, 9.17) is 4.74 Å². The lowest BCUT2D eigenvalue weighted by atomic mass is 9.60. The Morgan fingerprint density at radius 2 is 2.06 bits per heavy atom. The van der Waals surface area contributed by atoms with Crippen molar-refractivity contribution >= 4 is 21.9 Å². The van der Waals surface area contributed by atoms with Crippen LogP contribution in [0.3, 0.4) is 0 Å². The first kappa shape index (κ1) is 26.7. The molecular weight excluding hydrogens is 476 g/mol. The number of hydrogen-bond donors (Lipinski definition) is 1. The summed E-state index contributed by atoms with van der Waals surface area (Å²) in [5.41, 5.74) is 3.91. The molecule has 0 heterocycles. The van der Waals surface area contributed by atoms with Crippen LogP contribution in [0.15, 0.2) is 35.5 Å². The zero-order valence-corrected chi connectivity index (χ0v) is 22.9. The largest absolute Gasteiger partial charge is 0.461 e. The average Bonchev–Trinajstić information content (AvgIpc) is 3.10. The van der Waals surface area contributed by atoms with E-state index in [0.717, 1.165) is 38.0 Å². The predicted molar refractivity (Wildman–Crippen MR) is 140 cm³/mol. The lowest BCUT2D eigenvalue weighted by molar-refractivity contribution is -0.146. The summed E-state index contributed by atoms with van der Waals surface area (Å²) in [7, 11) is 0. The number of aliphatic hydroxyl groups is 1. The highest BCUT2D eigenvalue weighted by atomic mass is 79.9. The van der Waals surface area contributed by atoms with Crippen LogP contribution in [-0.2, 0) is 9.53 Å². The van der Waals surface area contributed by atoms with E-state index in [-0.39, 0.29) is 17.4 Å². The zero-order chi connectivity index (χ0) is 24.2. The Balaban J connectivity index is 1.67. The van der Waals surface area contributed by atoms with E-state index >= 15 is 0 Å². The van der Waals surface area contributed by atoms with Gasteiger partial charge in [-0.1, -0.05) is 72.5 Å². The number of halogens is 1. The van der Waals surface area contributed by atoms with Crippen molar-refractivity contribution < 1.29 is 14.6 Å². The number of esters is 1. The Bertz CT molecular complexity index is 774. The molecule has 5 atom stereocenters. The van der Waals surface area contributed by atoms with E-state index in [1.54, 1.807) is 5.57 Å². The van der Waals surface area contributed by atoms with E-state index in [1.165, 1.54) is 49.7 Å². The molecule has 33 heavy (non-hydrogen) atoms. The minimum Gasteiger partial charge on any atom is -0.461 e. The molecule has 3 fully saturated rings. The van der Waals surface area contributed by atoms with Gasteiger partial charge in [0.1, 0.15) is 11.4 Å². The van der Waals surface area contributed by atoms with Crippen molar-refractivity contribution in [3.8, 4) is 0 Å². The van der Waals surface area contributed by atoms with Gasteiger partial charge in [-0.3, -0.25) is 4.79 Å². The second kappa shape index (κ2) is 11.2. The molecule has 0 amide bonds. The molecule has 0 bridgehead atoms. The molecule has 0 aromatic carbocycles. The van der Waals surface area contributed by atoms with Crippen LogP contribution in [0.25, 0.3) is 0 Å². The number of rotatable bonds is 8. The molecule has 1 N–H and O–H groups in total. The van der Waals surface area contributed by atoms with E-state index in [1.807, 2.05) is 13.8 Å². The highest BCUT2D eigenvalue weighted by molar-refractivity contribution is 9.09. The van der Waals surface area contributed by atoms with Crippen LogP contribution in [0.5, 0.6) is 0 Å². The summed E-state index contributed by atoms with van der Waals surface area (Å²) in [6.45, 7) is 13.1. The van der Waals surface area contributed by atoms with Crippen LogP contribution in [0.4, 0.5) is 0 Å². The third kappa shape index (κ3) is 6.84. The quantitative estimate of drug-likeness (QED) is 0.263. The Morgan fingerprint density at radius 3 is 2.76 bits per heavy atom. The van der Waals surface area contributed by atoms with Crippen molar-refractivity contribution in [3.05, 3.63) is 35.5 Å². The number of allylic oxidation sites excluding steroid dienone is 4. The monoisotopic (exact) mass is 520 g/mol. The maximum Gasteiger partial charge on any atom is 0.316 e. The Hall–Kier alpha value is -0.870. The summed E-state index contributed by atoms with van der Waals surface area (Å²) >= 11 is 3.19. The van der Waals surface area contributed by atoms with Gasteiger partial charge >= 0.3 is 5.97 Å². The van der Waals surface area contributed by atoms with Gasteiger partial charge in [0.15, 0.2) is 0 Å². The summed E-state index contributed by atoms with van der Waals surface area (Å²) in [6, 6.07) is 0. The smallest absolute Gasteiger partial charge is 0.316 e. The van der Waals surface area contributed by atoms with Crippen molar-refractivity contribution in [2.24, 2.45) is 23.2 Å². The Labute approximate surface area is 210 Å². The first-order valence-corrected chi connectivity index (χ1v) is 14.2. The molecule has 0 aromatic rings. The van der Waals surface area contributed by atoms with Gasteiger partial charge < -0.3 is 9.84 Å². The maximum absolute atomic E-state index is 11.7. The van der Waals surface area contributed by atoms with E-state index < -0.39 is 5.60 Å². The van der Waals surface area contributed by atoms with Gasteiger partial charge in [-0.05, 0) is 94.0 Å². The molecule has 3 saturated carbocycles. The van der Waals surface area contributed by atoms with Crippen LogP contribution in [0.1, 0.15) is 98.3 Å². The Kier molecular flexibility index (Phi) is 9.11. The predicted octanol–water partition coefficient (Wildman–Crippen LogP) is 7.68. The molecule has 186 valence electrons. The van der Waals surface area contributed by atoms with Crippen molar-refractivity contribution in [2.75, 3.05) is 5.33 Å². The molecule has 3 aliphatic carbocycles. The number of alkyl halides is 1. The minimum absolute atomic E-state index is 0.0255. The van der Waals surface area contributed by atoms with Gasteiger partial charge in [0.05, 0.1) is 5.60 Å². The van der Waals surface area contributed by atoms with E-state index in [0.29, 0.717) is 17.3 Å². The molecule has 1 unspecified atom stereocenters. The highest BCUT2D eigenvalue weighted by Crippen LogP contribution is 2.60. The molecule has 3 aliphatic rings. The van der Waals surface area contributed by atoms with Gasteiger partial charge in [-0.15, -0.1) is 0 Å². The fourth-order valence-corrected chi connectivity index (χ4v) is 7.10. The fraction of sp³-hybridized carbons (Fsp3) is 0.759. The number of ether oxygens (including phenoxy) is 1. The normalized spacial score (nSPS) is 33.9. The highest BCUT2D eigenvalue weighted by Gasteiger charge is 2.50. The lowest BCUT2D eigenvalue weighted by Crippen LogP contribution is -2.36. The second-order valence-corrected chi connectivity index (χ2v) is 12.4. The molecular formula is C29H45BrO3. The summed E-state index contributed by atoms with van der Waals surface area (Å²) in [4.78, 5) is 11.7. The molecule has 0 aromatic heterocycles. The van der Waals surface area contributed by atoms with Crippen molar-refractivity contribution in [2.45, 2.75) is 110 Å². The van der Waals surface area contributed by atoms with Gasteiger partial charge in [0, 0.05) is 6.42 Å². The zero-order valence-electron chi connectivity index (χ0n) is 21.3. The number of carbonyl (C=O) groups excluding carboxylic acids is 1. The first-order valence-electron chi connectivity index (χ1n) is 13.1. The SMILES string of the molecule is C=C1CC[C@@H](OC(=O)CBr)C/C1=C/C=C1CCC[C@@]2(C)C1CC[C@@H]2[C@H](C)CCCC(C)(C)O. The van der Waals surface area contributed by atoms with E-state index in [2.05, 4.69) is 48.5 Å². The van der Waals surface area contributed by atoms with Crippen LogP contribution >= 0.6 is 15.9 Å². The fourth-order valence-electron chi connectivity index (χ4n) is 6.97. The van der Waals surface area contributed by atoms with Gasteiger partial charge in [-0.2, -0.15) is 0 Å². The summed E-state index contributed by atoms with van der Waals surface area (Å²) in [6.07, 6.45) is 16.9. The Morgan fingerprint density at radius 1 is 1.30 bits per heavy atom. The standard InChI is InChI=1S/C29H45BrO3/c1-20-10-13-24(33-27(31)19-30)18-23(20)12-11-22-9-7-17-29(5)25(14-15-26(22)29)21(2)8-6-16-28(3,4)32/h11-12,21,24-26,32H,1,6-10,13-19H2,2-5H3/b22-11?,23-12-/t21-,24-,25-,26?,29-/m1/s1. The van der Waals surface area contributed by atoms with Gasteiger partial charge in [0.2, 0.25) is 0 Å². The molecule has 0 radical (unpaired) electrons. The van der Waals surface area contributed by atoms with Crippen LogP contribution < -0.4 is 0 Å². The molecule has 0 saturated heterocycles. The lowest BCUT2D eigenvalue weighted by Gasteiger charge is -2.44. The van der Waals surface area contributed by atoms with Gasteiger partial charge in [0.25, 0.3) is 0 Å². The third-order valence-corrected chi connectivity index (χ3v) is 9.21. The van der Waals surface area contributed by atoms with Crippen molar-refractivity contribution in [1.29, 1.82) is 0 Å². The topological polar surface area (TPSA) is 46.5 Å². The third-order valence-electron chi connectivity index (χ3n) is 8.75. The van der Waals surface area contributed by atoms with Crippen LogP contribution in [0.2, 0.25) is 0 Å². The summed E-state index contributed by atoms with van der Waals surface area (Å²) < 4.78 is 5.59. The van der Waals surface area contributed by atoms with Crippen molar-refractivity contribution in [1.82, 2.24) is 0 Å². The maximum atomic E-state index is 11.7. The second-order valence-electron chi connectivity index (χ2n) is 11.8.